The van der Waals surface area contributed by atoms with Crippen LogP contribution >= 0.6 is 0 Å². The predicted octanol–water partition coefficient (Wildman–Crippen LogP) is 2.73. The van der Waals surface area contributed by atoms with Crippen molar-refractivity contribution in [1.82, 2.24) is 15.1 Å². The van der Waals surface area contributed by atoms with Crippen LogP contribution in [0.15, 0.2) is 60.8 Å². The van der Waals surface area contributed by atoms with Gasteiger partial charge in [-0.25, -0.2) is 4.68 Å². The normalized spacial score (nSPS) is 15.4. The van der Waals surface area contributed by atoms with Crippen LogP contribution in [-0.2, 0) is 0 Å². The molecule has 1 fully saturated rings. The molecule has 1 aliphatic rings. The number of hydrogen-bond acceptors (Lipinski definition) is 3. The number of carbonyl (C=O) groups is 1. The maximum atomic E-state index is 12.9. The highest BCUT2D eigenvalue weighted by Gasteiger charge is 2.26. The van der Waals surface area contributed by atoms with E-state index in [1.165, 1.54) is 24.8 Å². The first kappa shape index (κ1) is 21.1. The second-order valence-corrected chi connectivity index (χ2v) is 8.19. The molecule has 2 heterocycles. The van der Waals surface area contributed by atoms with Gasteiger partial charge in [0.05, 0.1) is 32.4 Å². The van der Waals surface area contributed by atoms with E-state index in [4.69, 9.17) is 4.74 Å². The zero-order valence-corrected chi connectivity index (χ0v) is 18.3. The van der Waals surface area contributed by atoms with E-state index in [0.29, 0.717) is 12.1 Å². The van der Waals surface area contributed by atoms with Crippen molar-refractivity contribution in [2.45, 2.75) is 32.2 Å². The summed E-state index contributed by atoms with van der Waals surface area (Å²) in [5, 5.41) is 7.50. The third kappa shape index (κ3) is 4.97. The molecule has 0 spiro atoms. The molecule has 0 aliphatic carbocycles. The number of carbonyl (C=O) groups excluding carboxylic acids is 1. The molecule has 31 heavy (non-hydrogen) atoms. The number of benzene rings is 2. The van der Waals surface area contributed by atoms with E-state index in [1.54, 1.807) is 18.2 Å². The van der Waals surface area contributed by atoms with Gasteiger partial charge in [-0.15, -0.1) is 0 Å². The van der Waals surface area contributed by atoms with Gasteiger partial charge in [-0.05, 0) is 80.8 Å². The van der Waals surface area contributed by atoms with Crippen LogP contribution in [0.2, 0.25) is 0 Å². The zero-order valence-electron chi connectivity index (χ0n) is 18.3. The van der Waals surface area contributed by atoms with Crippen molar-refractivity contribution < 1.29 is 14.4 Å². The molecule has 6 heteroatoms. The highest BCUT2D eigenvalue weighted by molar-refractivity contribution is 5.94. The minimum Gasteiger partial charge on any atom is -0.497 e. The van der Waals surface area contributed by atoms with E-state index in [-0.39, 0.29) is 11.9 Å². The van der Waals surface area contributed by atoms with Crippen molar-refractivity contribution in [3.05, 3.63) is 77.6 Å². The fourth-order valence-electron chi connectivity index (χ4n) is 4.38. The molecule has 0 radical (unpaired) electrons. The van der Waals surface area contributed by atoms with Crippen LogP contribution in [-0.4, -0.2) is 42.4 Å². The Hall–Kier alpha value is -3.12. The van der Waals surface area contributed by atoms with Crippen molar-refractivity contribution in [3.8, 4) is 11.4 Å². The van der Waals surface area contributed by atoms with E-state index >= 15 is 0 Å². The molecular weight excluding hydrogens is 388 g/mol. The van der Waals surface area contributed by atoms with E-state index in [1.807, 2.05) is 54.1 Å². The maximum Gasteiger partial charge on any atom is 0.251 e. The number of hydrogen-bond donors (Lipinski definition) is 2. The third-order valence-corrected chi connectivity index (χ3v) is 6.18. The number of rotatable bonds is 7. The van der Waals surface area contributed by atoms with E-state index < -0.39 is 0 Å². The molecule has 1 amide bonds. The number of methoxy groups -OCH3 is 1. The minimum atomic E-state index is -0.0429. The van der Waals surface area contributed by atoms with E-state index in [2.05, 4.69) is 22.5 Å². The summed E-state index contributed by atoms with van der Waals surface area (Å²) < 4.78 is 7.17. The molecule has 3 aromatic rings. The first-order chi connectivity index (χ1) is 15.2. The largest absolute Gasteiger partial charge is 0.497 e. The molecule has 2 N–H and O–H groups in total. The van der Waals surface area contributed by atoms with Gasteiger partial charge in [0, 0.05) is 23.0 Å². The molecule has 1 atom stereocenters. The number of likely N-dealkylation sites (tertiary alicyclic amines) is 1. The second-order valence-electron chi connectivity index (χ2n) is 8.19. The molecular formula is C25H31N4O2+. The number of nitrogens with one attached hydrogen (secondary N) is 2. The first-order valence-electron chi connectivity index (χ1n) is 11.0. The van der Waals surface area contributed by atoms with Crippen molar-refractivity contribution in [2.75, 3.05) is 26.7 Å². The maximum absolute atomic E-state index is 12.9. The Morgan fingerprint density at radius 3 is 2.39 bits per heavy atom. The average molecular weight is 420 g/mol. The van der Waals surface area contributed by atoms with Gasteiger partial charge in [-0.1, -0.05) is 0 Å². The van der Waals surface area contributed by atoms with Gasteiger partial charge >= 0.3 is 0 Å². The molecule has 162 valence electrons. The Morgan fingerprint density at radius 2 is 1.77 bits per heavy atom. The summed E-state index contributed by atoms with van der Waals surface area (Å²) in [7, 11) is 1.68. The Balaban J connectivity index is 1.45. The Labute approximate surface area is 183 Å². The number of aryl methyl sites for hydroxylation is 1. The van der Waals surface area contributed by atoms with Crippen LogP contribution in [0.5, 0.6) is 5.75 Å². The minimum absolute atomic E-state index is 0.0429. The summed E-state index contributed by atoms with van der Waals surface area (Å²) in [5.41, 5.74) is 3.91. The monoisotopic (exact) mass is 419 g/mol. The van der Waals surface area contributed by atoms with Crippen molar-refractivity contribution in [2.24, 2.45) is 0 Å². The zero-order chi connectivity index (χ0) is 21.6. The standard InChI is InChI=1S/C25H30N4O2/c1-19-14-15-27-29(19)22-10-6-21(7-11-22)25(30)26-18-24(28-16-4-3-5-17-28)20-8-12-23(31-2)13-9-20/h6-15,24H,3-5,16-18H2,1-2H3,(H,26,30)/p+1/t24-/m1/s1. The van der Waals surface area contributed by atoms with Crippen molar-refractivity contribution >= 4 is 5.91 Å². The van der Waals surface area contributed by atoms with Crippen LogP contribution in [0.4, 0.5) is 0 Å². The third-order valence-electron chi connectivity index (χ3n) is 6.18. The molecule has 4 rings (SSSR count). The summed E-state index contributed by atoms with van der Waals surface area (Å²) in [5.74, 6) is 0.811. The van der Waals surface area contributed by atoms with Crippen LogP contribution in [0.3, 0.4) is 0 Å². The number of amides is 1. The molecule has 0 unspecified atom stereocenters. The molecule has 1 aromatic heterocycles. The quantitative estimate of drug-likeness (QED) is 0.619. The van der Waals surface area contributed by atoms with Crippen LogP contribution in [0, 0.1) is 6.92 Å². The van der Waals surface area contributed by atoms with Gasteiger partial charge in [0.25, 0.3) is 5.91 Å². The van der Waals surface area contributed by atoms with E-state index in [0.717, 1.165) is 30.2 Å². The fraction of sp³-hybridized carbons (Fsp3) is 0.360. The summed E-state index contributed by atoms with van der Waals surface area (Å²) >= 11 is 0. The molecule has 0 bridgehead atoms. The van der Waals surface area contributed by atoms with Gasteiger partial charge < -0.3 is 15.0 Å². The highest BCUT2D eigenvalue weighted by Crippen LogP contribution is 2.17. The van der Waals surface area contributed by atoms with Gasteiger partial charge in [-0.2, -0.15) is 5.10 Å². The van der Waals surface area contributed by atoms with Gasteiger partial charge in [0.1, 0.15) is 11.8 Å². The molecule has 1 aliphatic heterocycles. The topological polar surface area (TPSA) is 60.6 Å². The second kappa shape index (κ2) is 9.79. The van der Waals surface area contributed by atoms with Gasteiger partial charge in [-0.3, -0.25) is 4.79 Å². The smallest absolute Gasteiger partial charge is 0.251 e. The van der Waals surface area contributed by atoms with Crippen LogP contribution < -0.4 is 15.0 Å². The highest BCUT2D eigenvalue weighted by atomic mass is 16.5. The van der Waals surface area contributed by atoms with Gasteiger partial charge in [0.15, 0.2) is 0 Å². The molecule has 2 aromatic carbocycles. The molecule has 1 saturated heterocycles. The number of piperidine rings is 1. The van der Waals surface area contributed by atoms with E-state index in [9.17, 15) is 4.79 Å². The van der Waals surface area contributed by atoms with Crippen molar-refractivity contribution in [3.63, 3.8) is 0 Å². The fourth-order valence-corrected chi connectivity index (χ4v) is 4.38. The summed E-state index contributed by atoms with van der Waals surface area (Å²) in [4.78, 5) is 14.4. The molecule has 0 saturated carbocycles. The Bertz CT molecular complexity index is 989. The SMILES string of the molecule is COc1ccc([C@@H](CNC(=O)c2ccc(-n3nccc3C)cc2)[NH+]2CCCCC2)cc1. The first-order valence-corrected chi connectivity index (χ1v) is 11.0. The lowest BCUT2D eigenvalue weighted by atomic mass is 10.0. The number of nitrogens with zero attached hydrogens (tertiary/aromatic N) is 2. The molecule has 6 nitrogen and oxygen atoms in total. The number of ether oxygens (including phenoxy) is 1. The van der Waals surface area contributed by atoms with Gasteiger partial charge in [0.2, 0.25) is 0 Å². The summed E-state index contributed by atoms with van der Waals surface area (Å²) in [6.07, 6.45) is 5.56. The number of quaternary nitrogens is 1. The average Bonchev–Trinajstić information content (AvgIpc) is 3.26. The van der Waals surface area contributed by atoms with Crippen molar-refractivity contribution in [1.29, 1.82) is 0 Å². The summed E-state index contributed by atoms with van der Waals surface area (Å²) in [6, 6.07) is 18.1. The van der Waals surface area contributed by atoms with Crippen LogP contribution in [0.1, 0.15) is 46.9 Å². The number of aromatic nitrogens is 2. The lowest BCUT2D eigenvalue weighted by Gasteiger charge is -2.32. The lowest BCUT2D eigenvalue weighted by Crippen LogP contribution is -3.13. The lowest BCUT2D eigenvalue weighted by molar-refractivity contribution is -0.935. The summed E-state index contributed by atoms with van der Waals surface area (Å²) in [6.45, 7) is 4.91. The Kier molecular flexibility index (Phi) is 6.67. The van der Waals surface area contributed by atoms with Crippen LogP contribution in [0.25, 0.3) is 5.69 Å². The Morgan fingerprint density at radius 1 is 1.06 bits per heavy atom. The predicted molar refractivity (Wildman–Crippen MR) is 121 cm³/mol.